The van der Waals surface area contributed by atoms with E-state index in [4.69, 9.17) is 4.74 Å². The summed E-state index contributed by atoms with van der Waals surface area (Å²) >= 11 is 0. The van der Waals surface area contributed by atoms with Crippen LogP contribution in [-0.4, -0.2) is 21.8 Å². The zero-order chi connectivity index (χ0) is 22.1. The van der Waals surface area contributed by atoms with Gasteiger partial charge in [-0.25, -0.2) is 13.2 Å². The molecule has 3 rings (SSSR count). The van der Waals surface area contributed by atoms with Crippen molar-refractivity contribution in [3.8, 4) is 5.75 Å². The van der Waals surface area contributed by atoms with Crippen molar-refractivity contribution >= 4 is 8.80 Å². The molecule has 2 aliphatic rings. The zero-order valence-electron chi connectivity index (χ0n) is 19.3. The SMILES string of the molecule is CCCCC[SiH]1CCC(CC[C@H]2CC[C@H](c3ccc(OCC(F)F)c(F)c3)CC2)CC1. The van der Waals surface area contributed by atoms with E-state index in [1.807, 2.05) is 6.07 Å². The van der Waals surface area contributed by atoms with Crippen LogP contribution in [0.1, 0.15) is 89.0 Å². The predicted octanol–water partition coefficient (Wildman–Crippen LogP) is 8.35. The van der Waals surface area contributed by atoms with Gasteiger partial charge >= 0.3 is 0 Å². The summed E-state index contributed by atoms with van der Waals surface area (Å²) in [5.41, 5.74) is 0.992. The van der Waals surface area contributed by atoms with Crippen LogP contribution in [0.15, 0.2) is 18.2 Å². The summed E-state index contributed by atoms with van der Waals surface area (Å²) in [6.07, 6.45) is 12.1. The molecule has 1 nitrogen and oxygen atoms in total. The van der Waals surface area contributed by atoms with Crippen molar-refractivity contribution in [2.45, 2.75) is 108 Å². The highest BCUT2D eigenvalue weighted by Crippen LogP contribution is 2.40. The van der Waals surface area contributed by atoms with E-state index in [1.165, 1.54) is 69.9 Å². The number of rotatable bonds is 11. The molecule has 0 amide bonds. The van der Waals surface area contributed by atoms with Crippen LogP contribution in [0.4, 0.5) is 13.2 Å². The lowest BCUT2D eigenvalue weighted by atomic mass is 9.76. The smallest absolute Gasteiger partial charge is 0.272 e. The molecule has 1 aromatic rings. The Hall–Kier alpha value is -0.973. The second-order valence-electron chi connectivity index (χ2n) is 10.1. The minimum atomic E-state index is -2.59. The zero-order valence-corrected chi connectivity index (χ0v) is 20.4. The van der Waals surface area contributed by atoms with Crippen molar-refractivity contribution in [1.29, 1.82) is 0 Å². The molecule has 1 heterocycles. The van der Waals surface area contributed by atoms with Crippen LogP contribution in [0.3, 0.4) is 0 Å². The lowest BCUT2D eigenvalue weighted by molar-refractivity contribution is 0.0799. The highest BCUT2D eigenvalue weighted by Gasteiger charge is 2.26. The number of halogens is 3. The average Bonchev–Trinajstić information content (AvgIpc) is 2.78. The van der Waals surface area contributed by atoms with Crippen molar-refractivity contribution in [3.05, 3.63) is 29.6 Å². The number of alkyl halides is 2. The van der Waals surface area contributed by atoms with Crippen molar-refractivity contribution < 1.29 is 17.9 Å². The Morgan fingerprint density at radius 3 is 2.26 bits per heavy atom. The minimum absolute atomic E-state index is 0.0686. The van der Waals surface area contributed by atoms with Crippen molar-refractivity contribution in [3.63, 3.8) is 0 Å². The molecular formula is C26H41F3OSi. The fraction of sp³-hybridized carbons (Fsp3) is 0.769. The Kier molecular flexibility index (Phi) is 10.3. The molecule has 0 spiro atoms. The maximum absolute atomic E-state index is 14.2. The summed E-state index contributed by atoms with van der Waals surface area (Å²) in [4.78, 5) is 0. The lowest BCUT2D eigenvalue weighted by Gasteiger charge is -2.32. The van der Waals surface area contributed by atoms with Crippen LogP contribution >= 0.6 is 0 Å². The molecule has 0 bridgehead atoms. The molecule has 0 N–H and O–H groups in total. The van der Waals surface area contributed by atoms with E-state index in [2.05, 4.69) is 6.92 Å². The van der Waals surface area contributed by atoms with Crippen LogP contribution < -0.4 is 4.74 Å². The topological polar surface area (TPSA) is 9.23 Å². The van der Waals surface area contributed by atoms with Gasteiger partial charge in [0, 0.05) is 8.80 Å². The van der Waals surface area contributed by atoms with E-state index >= 15 is 0 Å². The van der Waals surface area contributed by atoms with Gasteiger partial charge in [-0.15, -0.1) is 0 Å². The fourth-order valence-electron chi connectivity index (χ4n) is 5.79. The highest BCUT2D eigenvalue weighted by molar-refractivity contribution is 6.58. The number of benzene rings is 1. The first-order valence-electron chi connectivity index (χ1n) is 12.8. The van der Waals surface area contributed by atoms with Crippen molar-refractivity contribution in [1.82, 2.24) is 0 Å². The summed E-state index contributed by atoms with van der Waals surface area (Å²) < 4.78 is 43.6. The van der Waals surface area contributed by atoms with Crippen LogP contribution in [0.2, 0.25) is 18.1 Å². The molecule has 0 aromatic heterocycles. The summed E-state index contributed by atoms with van der Waals surface area (Å²) in [5, 5.41) is 0. The number of unbranched alkanes of at least 4 members (excludes halogenated alkanes) is 2. The molecule has 2 fully saturated rings. The molecule has 1 aromatic carbocycles. The Bertz CT molecular complexity index is 638. The third kappa shape index (κ3) is 8.14. The second-order valence-corrected chi connectivity index (χ2v) is 13.5. The first kappa shape index (κ1) is 24.7. The van der Waals surface area contributed by atoms with Crippen molar-refractivity contribution in [2.24, 2.45) is 11.8 Å². The molecule has 1 saturated heterocycles. The van der Waals surface area contributed by atoms with Gasteiger partial charge in [-0.1, -0.05) is 76.1 Å². The first-order chi connectivity index (χ1) is 15.0. The third-order valence-electron chi connectivity index (χ3n) is 7.80. The first-order valence-corrected chi connectivity index (χ1v) is 15.2. The monoisotopic (exact) mass is 454 g/mol. The van der Waals surface area contributed by atoms with Gasteiger partial charge in [0.2, 0.25) is 0 Å². The molecule has 5 heteroatoms. The molecule has 31 heavy (non-hydrogen) atoms. The van der Waals surface area contributed by atoms with E-state index in [0.29, 0.717) is 5.92 Å². The lowest BCUT2D eigenvalue weighted by Crippen LogP contribution is -2.22. The fourth-order valence-corrected chi connectivity index (χ4v) is 9.41. The molecule has 1 saturated carbocycles. The number of hydrogen-bond acceptors (Lipinski definition) is 1. The summed E-state index contributed by atoms with van der Waals surface area (Å²) in [6.45, 7) is 1.54. The predicted molar refractivity (Wildman–Crippen MR) is 126 cm³/mol. The van der Waals surface area contributed by atoms with Gasteiger partial charge in [0.15, 0.2) is 11.6 Å². The molecule has 1 aliphatic heterocycles. The molecule has 0 radical (unpaired) electrons. The van der Waals surface area contributed by atoms with E-state index < -0.39 is 27.6 Å². The van der Waals surface area contributed by atoms with Crippen LogP contribution in [-0.2, 0) is 0 Å². The number of ether oxygens (including phenoxy) is 1. The maximum Gasteiger partial charge on any atom is 0.272 e. The van der Waals surface area contributed by atoms with Gasteiger partial charge in [-0.2, -0.15) is 0 Å². The molecule has 1 aliphatic carbocycles. The Morgan fingerprint density at radius 2 is 1.65 bits per heavy atom. The number of hydrogen-bond donors (Lipinski definition) is 0. The molecular weight excluding hydrogens is 413 g/mol. The van der Waals surface area contributed by atoms with Crippen LogP contribution in [0.5, 0.6) is 5.75 Å². The third-order valence-corrected chi connectivity index (χ3v) is 11.3. The average molecular weight is 455 g/mol. The van der Waals surface area contributed by atoms with Gasteiger partial charge in [0.1, 0.15) is 6.61 Å². The van der Waals surface area contributed by atoms with E-state index in [9.17, 15) is 13.2 Å². The van der Waals surface area contributed by atoms with Crippen LogP contribution in [0, 0.1) is 17.7 Å². The summed E-state index contributed by atoms with van der Waals surface area (Å²) in [6, 6.07) is 9.63. The Labute approximate surface area is 188 Å². The second kappa shape index (κ2) is 12.9. The minimum Gasteiger partial charge on any atom is -0.485 e. The highest BCUT2D eigenvalue weighted by atomic mass is 28.3. The molecule has 176 valence electrons. The van der Waals surface area contributed by atoms with Gasteiger partial charge in [-0.3, -0.25) is 0 Å². The summed E-state index contributed by atoms with van der Waals surface area (Å²) in [5.74, 6) is 1.60. The van der Waals surface area contributed by atoms with Crippen LogP contribution in [0.25, 0.3) is 0 Å². The summed E-state index contributed by atoms with van der Waals surface area (Å²) in [7, 11) is -0.393. The maximum atomic E-state index is 14.2. The van der Waals surface area contributed by atoms with Gasteiger partial charge < -0.3 is 4.74 Å². The Balaban J connectivity index is 1.34. The quantitative estimate of drug-likeness (QED) is 0.241. The molecule has 0 atom stereocenters. The van der Waals surface area contributed by atoms with Crippen molar-refractivity contribution in [2.75, 3.05) is 6.61 Å². The normalized spacial score (nSPS) is 26.9. The van der Waals surface area contributed by atoms with Gasteiger partial charge in [0.25, 0.3) is 6.43 Å². The van der Waals surface area contributed by atoms with Gasteiger partial charge in [0.05, 0.1) is 0 Å². The van der Waals surface area contributed by atoms with E-state index in [0.717, 1.165) is 30.2 Å². The largest absolute Gasteiger partial charge is 0.485 e. The Morgan fingerprint density at radius 1 is 0.968 bits per heavy atom. The molecule has 0 unspecified atom stereocenters. The van der Waals surface area contributed by atoms with E-state index in [1.54, 1.807) is 18.1 Å². The standard InChI is InChI=1S/C26H41F3OSi/c1-2-3-4-15-31-16-13-21(14-17-31)6-5-20-7-9-22(10-8-20)23-11-12-25(24(27)18-23)30-19-26(28)29/h11-12,18,20-22,26,31H,2-10,13-17,19H2,1H3/t20-,21?,22-,31?. The van der Waals surface area contributed by atoms with Gasteiger partial charge in [-0.05, 0) is 61.1 Å². The van der Waals surface area contributed by atoms with E-state index in [-0.39, 0.29) is 5.75 Å².